The molecule has 168 valence electrons. The molecule has 0 atom stereocenters. The van der Waals surface area contributed by atoms with Crippen molar-refractivity contribution in [2.24, 2.45) is 5.10 Å². The number of carbonyl (C=O) groups is 1. The first-order valence-electron chi connectivity index (χ1n) is 8.65. The minimum Gasteiger partial charge on any atom is -0.497 e. The van der Waals surface area contributed by atoms with Crippen molar-refractivity contribution in [3.8, 4) is 11.5 Å². The van der Waals surface area contributed by atoms with Gasteiger partial charge in [-0.1, -0.05) is 18.2 Å². The monoisotopic (exact) mass is 459 g/mol. The Balaban J connectivity index is 2.24. The molecule has 0 radical (unpaired) electrons. The fourth-order valence-corrected chi connectivity index (χ4v) is 3.43. The number of anilines is 1. The average Bonchev–Trinajstić information content (AvgIpc) is 2.70. The van der Waals surface area contributed by atoms with E-state index in [1.165, 1.54) is 44.6 Å². The third kappa shape index (κ3) is 6.35. The summed E-state index contributed by atoms with van der Waals surface area (Å²) in [6.07, 6.45) is -2.87. The Morgan fingerprint density at radius 3 is 2.42 bits per heavy atom. The Morgan fingerprint density at radius 1 is 1.16 bits per heavy atom. The van der Waals surface area contributed by atoms with E-state index in [-0.39, 0.29) is 17.0 Å². The summed E-state index contributed by atoms with van der Waals surface area (Å²) in [5, 5.41) is 3.52. The quantitative estimate of drug-likeness (QED) is 0.484. The molecule has 1 N–H and O–H groups in total. The molecule has 2 rings (SSSR count). The summed E-state index contributed by atoms with van der Waals surface area (Å²) in [6, 6.07) is 9.06. The second kappa shape index (κ2) is 9.69. The van der Waals surface area contributed by atoms with Gasteiger partial charge in [0.15, 0.2) is 0 Å². The number of nitrogens with one attached hydrogen (secondary N) is 1. The van der Waals surface area contributed by atoms with Crippen molar-refractivity contribution in [2.45, 2.75) is 6.18 Å². The molecule has 0 aromatic heterocycles. The molecule has 31 heavy (non-hydrogen) atoms. The summed E-state index contributed by atoms with van der Waals surface area (Å²) >= 11 is 0. The number of rotatable bonds is 8. The van der Waals surface area contributed by atoms with Crippen molar-refractivity contribution in [2.75, 3.05) is 31.3 Å². The van der Waals surface area contributed by atoms with Gasteiger partial charge >= 0.3 is 6.18 Å². The molecule has 0 spiro atoms. The van der Waals surface area contributed by atoms with E-state index in [0.29, 0.717) is 5.75 Å². The van der Waals surface area contributed by atoms with Gasteiger partial charge in [0.25, 0.3) is 5.91 Å². The normalized spacial score (nSPS) is 11.9. The SMILES string of the molecule is COc1ccc(OC)c(N(CC(=O)N/N=C/c2ccccc2C(F)(F)F)S(C)(=O)=O)c1. The van der Waals surface area contributed by atoms with Crippen molar-refractivity contribution in [3.63, 3.8) is 0 Å². The van der Waals surface area contributed by atoms with Gasteiger partial charge in [0.2, 0.25) is 10.0 Å². The first-order chi connectivity index (χ1) is 14.5. The van der Waals surface area contributed by atoms with E-state index in [1.54, 1.807) is 6.07 Å². The van der Waals surface area contributed by atoms with Crippen molar-refractivity contribution in [1.82, 2.24) is 5.43 Å². The van der Waals surface area contributed by atoms with E-state index < -0.39 is 34.2 Å². The van der Waals surface area contributed by atoms with E-state index in [9.17, 15) is 26.4 Å². The molecule has 0 fully saturated rings. The van der Waals surface area contributed by atoms with E-state index >= 15 is 0 Å². The predicted molar refractivity (Wildman–Crippen MR) is 109 cm³/mol. The average molecular weight is 459 g/mol. The minimum atomic E-state index is -4.59. The number of amides is 1. The van der Waals surface area contributed by atoms with Gasteiger partial charge in [-0.25, -0.2) is 13.8 Å². The fourth-order valence-electron chi connectivity index (χ4n) is 2.58. The number of nitrogens with zero attached hydrogens (tertiary/aromatic N) is 2. The van der Waals surface area contributed by atoms with Crippen molar-refractivity contribution < 1.29 is 35.9 Å². The van der Waals surface area contributed by atoms with Crippen LogP contribution in [-0.4, -0.2) is 47.6 Å². The van der Waals surface area contributed by atoms with Crippen LogP contribution in [0.5, 0.6) is 11.5 Å². The van der Waals surface area contributed by atoms with Gasteiger partial charge < -0.3 is 9.47 Å². The second-order valence-corrected chi connectivity index (χ2v) is 8.09. The number of hydrogen-bond acceptors (Lipinski definition) is 6. The van der Waals surface area contributed by atoms with Crippen LogP contribution in [-0.2, 0) is 21.0 Å². The maximum absolute atomic E-state index is 13.0. The molecule has 0 heterocycles. The van der Waals surface area contributed by atoms with Gasteiger partial charge in [0.1, 0.15) is 18.0 Å². The molecule has 0 bridgehead atoms. The van der Waals surface area contributed by atoms with Crippen LogP contribution >= 0.6 is 0 Å². The fraction of sp³-hybridized carbons (Fsp3) is 0.263. The second-order valence-electron chi connectivity index (χ2n) is 6.19. The van der Waals surface area contributed by atoms with Gasteiger partial charge in [0, 0.05) is 11.6 Å². The Morgan fingerprint density at radius 2 is 1.84 bits per heavy atom. The lowest BCUT2D eigenvalue weighted by Gasteiger charge is -2.23. The maximum atomic E-state index is 13.0. The van der Waals surface area contributed by atoms with Crippen molar-refractivity contribution >= 4 is 27.8 Å². The zero-order chi connectivity index (χ0) is 23.2. The Hall–Kier alpha value is -3.28. The van der Waals surface area contributed by atoms with Crippen LogP contribution in [0, 0.1) is 0 Å². The lowest BCUT2D eigenvalue weighted by molar-refractivity contribution is -0.137. The van der Waals surface area contributed by atoms with Crippen LogP contribution in [0.15, 0.2) is 47.6 Å². The van der Waals surface area contributed by atoms with Gasteiger partial charge in [-0.2, -0.15) is 18.3 Å². The first kappa shape index (κ1) is 24.0. The van der Waals surface area contributed by atoms with E-state index in [0.717, 1.165) is 22.8 Å². The standard InChI is InChI=1S/C19H20F3N3O5S/c1-29-14-8-9-17(30-2)16(10-14)25(31(3,27)28)12-18(26)24-23-11-13-6-4-5-7-15(13)19(20,21)22/h4-11H,12H2,1-3H3,(H,24,26)/b23-11+. The first-order valence-corrected chi connectivity index (χ1v) is 10.5. The molecule has 1 amide bonds. The number of halogens is 3. The molecule has 0 unspecified atom stereocenters. The summed E-state index contributed by atoms with van der Waals surface area (Å²) < 4.78 is 74.6. The summed E-state index contributed by atoms with van der Waals surface area (Å²) in [6.45, 7) is -0.694. The van der Waals surface area contributed by atoms with Gasteiger partial charge in [-0.15, -0.1) is 0 Å². The summed E-state index contributed by atoms with van der Waals surface area (Å²) in [5.41, 5.74) is 0.897. The molecule has 2 aromatic rings. The maximum Gasteiger partial charge on any atom is 0.417 e. The molecule has 0 saturated heterocycles. The van der Waals surface area contributed by atoms with Gasteiger partial charge in [-0.05, 0) is 18.2 Å². The van der Waals surface area contributed by atoms with Crippen LogP contribution in [0.3, 0.4) is 0 Å². The number of methoxy groups -OCH3 is 2. The molecular weight excluding hydrogens is 439 g/mol. The highest BCUT2D eigenvalue weighted by Crippen LogP contribution is 2.33. The third-order valence-corrected chi connectivity index (χ3v) is 5.13. The molecular formula is C19H20F3N3O5S. The highest BCUT2D eigenvalue weighted by atomic mass is 32.2. The topological polar surface area (TPSA) is 97.3 Å². The van der Waals surface area contributed by atoms with Crippen molar-refractivity contribution in [3.05, 3.63) is 53.6 Å². The number of alkyl halides is 3. The third-order valence-electron chi connectivity index (χ3n) is 4.00. The van der Waals surface area contributed by atoms with Gasteiger partial charge in [-0.3, -0.25) is 9.10 Å². The Kier molecular flexibility index (Phi) is 7.50. The molecule has 0 aliphatic heterocycles. The molecule has 8 nitrogen and oxygen atoms in total. The Bertz CT molecular complexity index is 1070. The number of carbonyl (C=O) groups excluding carboxylic acids is 1. The summed E-state index contributed by atoms with van der Waals surface area (Å²) in [7, 11) is -1.22. The number of benzene rings is 2. The number of hydrazone groups is 1. The highest BCUT2D eigenvalue weighted by Gasteiger charge is 2.32. The van der Waals surface area contributed by atoms with Crippen LogP contribution < -0.4 is 19.2 Å². The van der Waals surface area contributed by atoms with E-state index in [2.05, 4.69) is 5.10 Å². The highest BCUT2D eigenvalue weighted by molar-refractivity contribution is 7.92. The predicted octanol–water partition coefficient (Wildman–Crippen LogP) is 2.64. The molecule has 2 aromatic carbocycles. The Labute approximate surface area is 177 Å². The largest absolute Gasteiger partial charge is 0.497 e. The number of hydrogen-bond donors (Lipinski definition) is 1. The molecule has 12 heteroatoms. The zero-order valence-corrected chi connectivity index (χ0v) is 17.6. The van der Waals surface area contributed by atoms with E-state index in [4.69, 9.17) is 9.47 Å². The van der Waals surface area contributed by atoms with Gasteiger partial charge in [0.05, 0.1) is 37.9 Å². The minimum absolute atomic E-state index is 0.0471. The van der Waals surface area contributed by atoms with Crippen LogP contribution in [0.1, 0.15) is 11.1 Å². The van der Waals surface area contributed by atoms with Crippen molar-refractivity contribution in [1.29, 1.82) is 0 Å². The number of sulfonamides is 1. The summed E-state index contributed by atoms with van der Waals surface area (Å²) in [4.78, 5) is 12.3. The number of ether oxygens (including phenoxy) is 2. The van der Waals surface area contributed by atoms with Crippen LogP contribution in [0.25, 0.3) is 0 Å². The molecule has 0 saturated carbocycles. The lowest BCUT2D eigenvalue weighted by Crippen LogP contribution is -2.39. The van der Waals surface area contributed by atoms with E-state index in [1.807, 2.05) is 5.43 Å². The van der Waals surface area contributed by atoms with Crippen LogP contribution in [0.4, 0.5) is 18.9 Å². The smallest absolute Gasteiger partial charge is 0.417 e. The van der Waals surface area contributed by atoms with Crippen LogP contribution in [0.2, 0.25) is 0 Å². The molecule has 0 aliphatic rings. The lowest BCUT2D eigenvalue weighted by atomic mass is 10.1. The molecule has 0 aliphatic carbocycles. The summed E-state index contributed by atoms with van der Waals surface area (Å²) in [5.74, 6) is -0.385. The zero-order valence-electron chi connectivity index (χ0n) is 16.8.